The zero-order valence-electron chi connectivity index (χ0n) is 11.1. The Kier molecular flexibility index (Phi) is 3.55. The average molecular weight is 261 g/mol. The second-order valence-corrected chi connectivity index (χ2v) is 4.32. The molecule has 100 valence electrons. The summed E-state index contributed by atoms with van der Waals surface area (Å²) in [5, 5.41) is 8.94. The molecule has 0 atom stereocenters. The number of oxazole rings is 1. The first-order valence-electron chi connectivity index (χ1n) is 5.87. The molecule has 0 amide bonds. The lowest BCUT2D eigenvalue weighted by Crippen LogP contribution is -2.01. The first-order chi connectivity index (χ1) is 8.97. The van der Waals surface area contributed by atoms with Crippen LogP contribution in [0.15, 0.2) is 22.6 Å². The van der Waals surface area contributed by atoms with Crippen molar-refractivity contribution in [2.24, 2.45) is 0 Å². The van der Waals surface area contributed by atoms with Crippen molar-refractivity contribution in [2.75, 3.05) is 0 Å². The number of aryl methyl sites for hydroxylation is 3. The van der Waals surface area contributed by atoms with Gasteiger partial charge in [0.25, 0.3) is 0 Å². The topological polar surface area (TPSA) is 72.6 Å². The maximum Gasteiger partial charge on any atom is 0.335 e. The molecule has 0 bridgehead atoms. The van der Waals surface area contributed by atoms with E-state index < -0.39 is 5.97 Å². The molecule has 1 aromatic carbocycles. The zero-order valence-corrected chi connectivity index (χ0v) is 11.1. The molecule has 0 unspecified atom stereocenters. The fraction of sp³-hybridized carbons (Fsp3) is 0.286. The molecule has 0 spiro atoms. The Balaban J connectivity index is 2.14. The average Bonchev–Trinajstić information content (AvgIpc) is 2.67. The Morgan fingerprint density at radius 3 is 2.68 bits per heavy atom. The van der Waals surface area contributed by atoms with Crippen molar-refractivity contribution < 1.29 is 19.1 Å². The van der Waals surface area contributed by atoms with Crippen LogP contribution < -0.4 is 4.74 Å². The monoisotopic (exact) mass is 261 g/mol. The van der Waals surface area contributed by atoms with E-state index in [1.54, 1.807) is 12.1 Å². The van der Waals surface area contributed by atoms with Gasteiger partial charge in [-0.3, -0.25) is 0 Å². The van der Waals surface area contributed by atoms with Gasteiger partial charge in [-0.05, 0) is 38.5 Å². The fourth-order valence-electron chi connectivity index (χ4n) is 1.63. The number of carboxylic acids is 1. The predicted octanol–water partition coefficient (Wildman–Crippen LogP) is 2.88. The first kappa shape index (κ1) is 13.1. The summed E-state index contributed by atoms with van der Waals surface area (Å²) in [4.78, 5) is 15.1. The maximum atomic E-state index is 10.9. The van der Waals surface area contributed by atoms with Crippen LogP contribution in [-0.2, 0) is 6.61 Å². The van der Waals surface area contributed by atoms with Crippen molar-refractivity contribution in [1.29, 1.82) is 0 Å². The largest absolute Gasteiger partial charge is 0.484 e. The Labute approximate surface area is 110 Å². The molecule has 0 saturated heterocycles. The van der Waals surface area contributed by atoms with E-state index in [0.717, 1.165) is 17.0 Å². The number of carbonyl (C=O) groups is 1. The van der Waals surface area contributed by atoms with Gasteiger partial charge in [-0.15, -0.1) is 0 Å². The Morgan fingerprint density at radius 1 is 1.37 bits per heavy atom. The van der Waals surface area contributed by atoms with Crippen molar-refractivity contribution in [1.82, 2.24) is 4.98 Å². The molecule has 0 saturated carbocycles. The number of hydrogen-bond acceptors (Lipinski definition) is 4. The van der Waals surface area contributed by atoms with Crippen molar-refractivity contribution in [2.45, 2.75) is 27.4 Å². The zero-order chi connectivity index (χ0) is 14.0. The number of rotatable bonds is 4. The van der Waals surface area contributed by atoms with E-state index in [0.29, 0.717) is 11.6 Å². The minimum Gasteiger partial charge on any atom is -0.484 e. The predicted molar refractivity (Wildman–Crippen MR) is 68.4 cm³/mol. The lowest BCUT2D eigenvalue weighted by Gasteiger charge is -2.08. The molecule has 0 radical (unpaired) electrons. The minimum atomic E-state index is -0.979. The quantitative estimate of drug-likeness (QED) is 0.916. The summed E-state index contributed by atoms with van der Waals surface area (Å²) < 4.78 is 11.0. The molecule has 1 aromatic heterocycles. The number of benzene rings is 1. The van der Waals surface area contributed by atoms with E-state index in [-0.39, 0.29) is 12.2 Å². The Hall–Kier alpha value is -2.30. The highest BCUT2D eigenvalue weighted by Gasteiger charge is 2.10. The molecule has 2 aromatic rings. The van der Waals surface area contributed by atoms with Gasteiger partial charge in [-0.1, -0.05) is 6.07 Å². The van der Waals surface area contributed by atoms with Gasteiger partial charge < -0.3 is 14.3 Å². The SMILES string of the molecule is Cc1ccc(C(=O)O)cc1OCc1nc(C)c(C)o1. The van der Waals surface area contributed by atoms with E-state index in [4.69, 9.17) is 14.3 Å². The summed E-state index contributed by atoms with van der Waals surface area (Å²) in [6, 6.07) is 4.76. The number of nitrogens with zero attached hydrogens (tertiary/aromatic N) is 1. The smallest absolute Gasteiger partial charge is 0.335 e. The number of carboxylic acid groups (broad SMARTS) is 1. The summed E-state index contributed by atoms with van der Waals surface area (Å²) in [5.41, 5.74) is 1.89. The second-order valence-electron chi connectivity index (χ2n) is 4.32. The summed E-state index contributed by atoms with van der Waals surface area (Å²) >= 11 is 0. The Bertz CT molecular complexity index is 596. The normalized spacial score (nSPS) is 10.5. The van der Waals surface area contributed by atoms with Gasteiger partial charge in [0.1, 0.15) is 11.5 Å². The van der Waals surface area contributed by atoms with Crippen LogP contribution in [0.2, 0.25) is 0 Å². The standard InChI is InChI=1S/C14H15NO4/c1-8-4-5-11(14(16)17)6-12(8)18-7-13-15-9(2)10(3)19-13/h4-6H,7H2,1-3H3,(H,16,17). The molecule has 5 heteroatoms. The Morgan fingerprint density at radius 2 is 2.11 bits per heavy atom. The molecule has 0 aliphatic carbocycles. The second kappa shape index (κ2) is 5.14. The van der Waals surface area contributed by atoms with Gasteiger partial charge in [0.05, 0.1) is 11.3 Å². The molecular formula is C14H15NO4. The minimum absolute atomic E-state index is 0.179. The molecular weight excluding hydrogens is 246 g/mol. The molecule has 0 aliphatic heterocycles. The van der Waals surface area contributed by atoms with Crippen molar-refractivity contribution >= 4 is 5.97 Å². The molecule has 1 heterocycles. The molecule has 0 aliphatic rings. The summed E-state index contributed by atoms with van der Waals surface area (Å²) in [7, 11) is 0. The van der Waals surface area contributed by atoms with Crippen LogP contribution in [0.5, 0.6) is 5.75 Å². The van der Waals surface area contributed by atoms with Crippen molar-refractivity contribution in [3.63, 3.8) is 0 Å². The van der Waals surface area contributed by atoms with E-state index in [1.165, 1.54) is 6.07 Å². The van der Waals surface area contributed by atoms with E-state index >= 15 is 0 Å². The third-order valence-corrected chi connectivity index (χ3v) is 2.86. The third kappa shape index (κ3) is 2.93. The van der Waals surface area contributed by atoms with Crippen LogP contribution in [0.1, 0.15) is 33.3 Å². The van der Waals surface area contributed by atoms with E-state index in [2.05, 4.69) is 4.98 Å². The van der Waals surface area contributed by atoms with Gasteiger partial charge in [0, 0.05) is 0 Å². The van der Waals surface area contributed by atoms with Gasteiger partial charge >= 0.3 is 5.97 Å². The highest BCUT2D eigenvalue weighted by atomic mass is 16.5. The number of aromatic carboxylic acids is 1. The van der Waals surface area contributed by atoms with Gasteiger partial charge in [0.15, 0.2) is 6.61 Å². The highest BCUT2D eigenvalue weighted by molar-refractivity contribution is 5.88. The summed E-state index contributed by atoms with van der Waals surface area (Å²) in [6.45, 7) is 5.73. The molecule has 19 heavy (non-hydrogen) atoms. The van der Waals surface area contributed by atoms with Gasteiger partial charge in [0.2, 0.25) is 5.89 Å². The van der Waals surface area contributed by atoms with Crippen LogP contribution in [0.25, 0.3) is 0 Å². The van der Waals surface area contributed by atoms with E-state index in [1.807, 2.05) is 20.8 Å². The van der Waals surface area contributed by atoms with E-state index in [9.17, 15) is 4.79 Å². The number of aromatic nitrogens is 1. The summed E-state index contributed by atoms with van der Waals surface area (Å²) in [5.74, 6) is 0.783. The third-order valence-electron chi connectivity index (χ3n) is 2.86. The highest BCUT2D eigenvalue weighted by Crippen LogP contribution is 2.21. The van der Waals surface area contributed by atoms with Crippen LogP contribution in [-0.4, -0.2) is 16.1 Å². The van der Waals surface area contributed by atoms with Crippen LogP contribution in [0, 0.1) is 20.8 Å². The van der Waals surface area contributed by atoms with Crippen LogP contribution in [0.4, 0.5) is 0 Å². The number of hydrogen-bond donors (Lipinski definition) is 1. The molecule has 5 nitrogen and oxygen atoms in total. The molecule has 1 N–H and O–H groups in total. The molecule has 2 rings (SSSR count). The lowest BCUT2D eigenvalue weighted by atomic mass is 10.1. The molecule has 0 fully saturated rings. The van der Waals surface area contributed by atoms with Crippen molar-refractivity contribution in [3.05, 3.63) is 46.7 Å². The van der Waals surface area contributed by atoms with Gasteiger partial charge in [-0.2, -0.15) is 0 Å². The van der Waals surface area contributed by atoms with Gasteiger partial charge in [-0.25, -0.2) is 9.78 Å². The summed E-state index contributed by atoms with van der Waals surface area (Å²) in [6.07, 6.45) is 0. The number of ether oxygens (including phenoxy) is 1. The maximum absolute atomic E-state index is 10.9. The lowest BCUT2D eigenvalue weighted by molar-refractivity contribution is 0.0696. The first-order valence-corrected chi connectivity index (χ1v) is 5.87. The van der Waals surface area contributed by atoms with Crippen LogP contribution >= 0.6 is 0 Å². The van der Waals surface area contributed by atoms with Crippen molar-refractivity contribution in [3.8, 4) is 5.75 Å². The van der Waals surface area contributed by atoms with Crippen LogP contribution in [0.3, 0.4) is 0 Å². The fourth-order valence-corrected chi connectivity index (χ4v) is 1.63.